The second-order valence-corrected chi connectivity index (χ2v) is 4.54. The summed E-state index contributed by atoms with van der Waals surface area (Å²) in [5.41, 5.74) is 5.36. The number of hydrogen-bond donors (Lipinski definition) is 0. The maximum absolute atomic E-state index is 2.24. The van der Waals surface area contributed by atoms with Gasteiger partial charge in [-0.1, -0.05) is 25.9 Å². The highest BCUT2D eigenvalue weighted by atomic mass is 31.0. The molecule has 0 spiro atoms. The number of hydrogen-bond acceptors (Lipinski definition) is 0. The van der Waals surface area contributed by atoms with Gasteiger partial charge in [0.05, 0.1) is 5.69 Å². The lowest BCUT2D eigenvalue weighted by atomic mass is 10.1. The third-order valence-electron chi connectivity index (χ3n) is 2.40. The molecule has 0 amide bonds. The van der Waals surface area contributed by atoms with E-state index in [-0.39, 0.29) is 0 Å². The molecule has 1 aromatic heterocycles. The highest BCUT2D eigenvalue weighted by Crippen LogP contribution is 2.22. The van der Waals surface area contributed by atoms with Gasteiger partial charge in [0, 0.05) is 12.1 Å². The predicted octanol–water partition coefficient (Wildman–Crippen LogP) is 3.98. The molecule has 14 heavy (non-hydrogen) atoms. The topological polar surface area (TPSA) is 4.93 Å². The summed E-state index contributed by atoms with van der Waals surface area (Å²) in [6.45, 7) is 6.49. The first-order valence-corrected chi connectivity index (χ1v) is 5.78. The van der Waals surface area contributed by atoms with Crippen LogP contribution in [0.25, 0.3) is 5.69 Å². The summed E-state index contributed by atoms with van der Waals surface area (Å²) < 4.78 is 2.21. The zero-order valence-corrected chi connectivity index (χ0v) is 9.68. The summed E-state index contributed by atoms with van der Waals surface area (Å²) in [6, 6.07) is 4.47. The number of benzene rings is 1. The second kappa shape index (κ2) is 3.59. The van der Waals surface area contributed by atoms with Crippen LogP contribution in [-0.2, 0) is 0 Å². The zero-order chi connectivity index (χ0) is 10.1. The molecule has 0 N–H and O–H groups in total. The van der Waals surface area contributed by atoms with E-state index < -0.39 is 0 Å². The molecule has 0 aliphatic carbocycles. The Hall–Kier alpha value is -1.07. The van der Waals surface area contributed by atoms with E-state index in [1.807, 2.05) is 0 Å². The molecule has 0 radical (unpaired) electrons. The third-order valence-corrected chi connectivity index (χ3v) is 3.09. The van der Waals surface area contributed by atoms with Crippen molar-refractivity contribution in [3.63, 3.8) is 0 Å². The van der Waals surface area contributed by atoms with E-state index in [9.17, 15) is 0 Å². The monoisotopic (exact) mass is 203 g/mol. The van der Waals surface area contributed by atoms with Crippen molar-refractivity contribution in [1.82, 2.24) is 4.57 Å². The van der Waals surface area contributed by atoms with Gasteiger partial charge in [-0.05, 0) is 37.7 Å². The van der Waals surface area contributed by atoms with Crippen LogP contribution in [0.1, 0.15) is 16.7 Å². The molecule has 2 rings (SSSR count). The van der Waals surface area contributed by atoms with Crippen molar-refractivity contribution >= 4 is 8.19 Å². The Kier molecular flexibility index (Phi) is 2.43. The maximum Gasteiger partial charge on any atom is 0.0511 e. The van der Waals surface area contributed by atoms with E-state index in [0.29, 0.717) is 0 Å². The lowest BCUT2D eigenvalue weighted by Gasteiger charge is -2.11. The van der Waals surface area contributed by atoms with E-state index in [0.717, 1.165) is 0 Å². The van der Waals surface area contributed by atoms with Gasteiger partial charge in [-0.3, -0.25) is 0 Å². The molecule has 0 saturated carbocycles. The fourth-order valence-corrected chi connectivity index (χ4v) is 2.60. The van der Waals surface area contributed by atoms with Gasteiger partial charge in [0.1, 0.15) is 0 Å². The Morgan fingerprint density at radius 2 is 1.71 bits per heavy atom. The van der Waals surface area contributed by atoms with Gasteiger partial charge >= 0.3 is 0 Å². The molecule has 2 heteroatoms. The molecular formula is C12H14NP. The first-order chi connectivity index (χ1) is 6.68. The summed E-state index contributed by atoms with van der Waals surface area (Å²) in [5, 5.41) is 0. The molecule has 2 aromatic rings. The summed E-state index contributed by atoms with van der Waals surface area (Å²) in [7, 11) is 1.27. The standard InChI is InChI=1S/C12H14NP/c1-9-6-10(2)12(11(3)7-9)13-4-5-14-8-13/h4-8H,1-3H3. The van der Waals surface area contributed by atoms with Crippen molar-refractivity contribution in [1.29, 1.82) is 0 Å². The van der Waals surface area contributed by atoms with E-state index in [1.54, 1.807) is 0 Å². The van der Waals surface area contributed by atoms with Crippen LogP contribution in [0.4, 0.5) is 0 Å². The molecule has 1 nitrogen and oxygen atoms in total. The van der Waals surface area contributed by atoms with Crippen LogP contribution in [0.15, 0.2) is 30.1 Å². The molecule has 72 valence electrons. The molecule has 1 heterocycles. The largest absolute Gasteiger partial charge is 0.319 e. The Bertz CT molecular complexity index is 420. The molecule has 0 aliphatic rings. The molecule has 0 aliphatic heterocycles. The molecule has 0 saturated heterocycles. The Labute approximate surface area is 86.5 Å². The van der Waals surface area contributed by atoms with Crippen LogP contribution < -0.4 is 0 Å². The first kappa shape index (κ1) is 9.48. The van der Waals surface area contributed by atoms with Crippen LogP contribution >= 0.6 is 8.19 Å². The fraction of sp³-hybridized carbons (Fsp3) is 0.250. The maximum atomic E-state index is 2.24. The molecule has 0 bridgehead atoms. The SMILES string of the molecule is Cc1cc(C)c(-n2ccpc2)c(C)c1. The van der Waals surface area contributed by atoms with Crippen molar-refractivity contribution in [2.45, 2.75) is 20.8 Å². The normalized spacial score (nSPS) is 11.1. The van der Waals surface area contributed by atoms with Gasteiger partial charge in [-0.25, -0.2) is 0 Å². The van der Waals surface area contributed by atoms with Crippen molar-refractivity contribution in [2.24, 2.45) is 0 Å². The Morgan fingerprint density at radius 1 is 1.07 bits per heavy atom. The van der Waals surface area contributed by atoms with E-state index in [2.05, 4.69) is 55.4 Å². The zero-order valence-electron chi connectivity index (χ0n) is 8.78. The molecule has 0 unspecified atom stereocenters. The third kappa shape index (κ3) is 1.60. The summed E-state index contributed by atoms with van der Waals surface area (Å²) in [6.07, 6.45) is 2.13. The highest BCUT2D eigenvalue weighted by Gasteiger charge is 2.04. The number of rotatable bonds is 1. The van der Waals surface area contributed by atoms with Gasteiger partial charge in [0.25, 0.3) is 0 Å². The smallest absolute Gasteiger partial charge is 0.0511 e. The Balaban J connectivity index is 2.64. The van der Waals surface area contributed by atoms with Gasteiger partial charge < -0.3 is 4.57 Å². The molecular weight excluding hydrogens is 189 g/mol. The lowest BCUT2D eigenvalue weighted by Crippen LogP contribution is -1.97. The fourth-order valence-electron chi connectivity index (χ4n) is 1.97. The van der Waals surface area contributed by atoms with Gasteiger partial charge in [-0.15, -0.1) is 0 Å². The number of aromatic nitrogens is 1. The van der Waals surface area contributed by atoms with Crippen molar-refractivity contribution in [3.05, 3.63) is 46.7 Å². The molecule has 0 atom stereocenters. The molecule has 1 aromatic carbocycles. The summed E-state index contributed by atoms with van der Waals surface area (Å²) in [5.74, 6) is 4.34. The minimum Gasteiger partial charge on any atom is -0.319 e. The number of nitrogens with zero attached hydrogens (tertiary/aromatic N) is 1. The van der Waals surface area contributed by atoms with Crippen molar-refractivity contribution < 1.29 is 0 Å². The quantitative estimate of drug-likeness (QED) is 0.660. The summed E-state index contributed by atoms with van der Waals surface area (Å²) in [4.78, 5) is 0. The second-order valence-electron chi connectivity index (χ2n) is 3.72. The van der Waals surface area contributed by atoms with Crippen molar-refractivity contribution in [2.75, 3.05) is 0 Å². The lowest BCUT2D eigenvalue weighted by molar-refractivity contribution is 1.04. The van der Waals surface area contributed by atoms with Gasteiger partial charge in [-0.2, -0.15) is 0 Å². The van der Waals surface area contributed by atoms with Crippen LogP contribution in [0.5, 0.6) is 0 Å². The predicted molar refractivity (Wildman–Crippen MR) is 62.5 cm³/mol. The first-order valence-electron chi connectivity index (χ1n) is 4.74. The van der Waals surface area contributed by atoms with E-state index in [4.69, 9.17) is 0 Å². The van der Waals surface area contributed by atoms with Gasteiger partial charge in [0.15, 0.2) is 0 Å². The minimum atomic E-state index is 1.27. The average Bonchev–Trinajstić information content (AvgIpc) is 2.54. The van der Waals surface area contributed by atoms with Crippen LogP contribution in [-0.4, -0.2) is 4.57 Å². The minimum absolute atomic E-state index is 1.27. The van der Waals surface area contributed by atoms with Crippen LogP contribution in [0, 0.1) is 20.8 Å². The van der Waals surface area contributed by atoms with Crippen LogP contribution in [0.3, 0.4) is 0 Å². The highest BCUT2D eigenvalue weighted by molar-refractivity contribution is 7.28. The average molecular weight is 203 g/mol. The Morgan fingerprint density at radius 3 is 2.21 bits per heavy atom. The van der Waals surface area contributed by atoms with Gasteiger partial charge in [0.2, 0.25) is 0 Å². The molecule has 0 fully saturated rings. The van der Waals surface area contributed by atoms with E-state index >= 15 is 0 Å². The summed E-state index contributed by atoms with van der Waals surface area (Å²) >= 11 is 0. The van der Waals surface area contributed by atoms with Crippen molar-refractivity contribution in [3.8, 4) is 5.69 Å². The van der Waals surface area contributed by atoms with Crippen LogP contribution in [0.2, 0.25) is 0 Å². The number of aryl methyl sites for hydroxylation is 3. The van der Waals surface area contributed by atoms with E-state index in [1.165, 1.54) is 30.6 Å².